The third-order valence-corrected chi connectivity index (χ3v) is 2.57. The Kier molecular flexibility index (Phi) is 9.97. The molecular weight excluding hydrogens is 276 g/mol. The van der Waals surface area contributed by atoms with Crippen LogP contribution in [0.3, 0.4) is 0 Å². The molecule has 19 heavy (non-hydrogen) atoms. The van der Waals surface area contributed by atoms with Crippen molar-refractivity contribution in [3.63, 3.8) is 0 Å². The number of likely N-dealkylation sites (N-methyl/N-ethyl adjacent to an activating group) is 1. The van der Waals surface area contributed by atoms with Gasteiger partial charge >= 0.3 is 0 Å². The molecule has 0 rings (SSSR count). The fourth-order valence-electron chi connectivity index (χ4n) is 1.15. The van der Waals surface area contributed by atoms with E-state index in [2.05, 4.69) is 0 Å². The summed E-state index contributed by atoms with van der Waals surface area (Å²) < 4.78 is 28.4. The van der Waals surface area contributed by atoms with E-state index in [-0.39, 0.29) is 12.2 Å². The Bertz CT molecular complexity index is 350. The van der Waals surface area contributed by atoms with E-state index in [1.807, 2.05) is 21.1 Å². The molecule has 0 heterocycles. The second-order valence-corrected chi connectivity index (χ2v) is 6.70. The van der Waals surface area contributed by atoms with Gasteiger partial charge in [0, 0.05) is 12.4 Å². The number of carboxylic acid groups (broad SMARTS) is 1. The Hall–Kier alpha value is -0.740. The molecule has 0 saturated heterocycles. The van der Waals surface area contributed by atoms with Crippen LogP contribution in [0.25, 0.3) is 0 Å². The first-order valence-electron chi connectivity index (χ1n) is 5.71. The molecule has 0 aromatic rings. The molecule has 0 aliphatic rings. The lowest BCUT2D eigenvalue weighted by Gasteiger charge is -2.26. The van der Waals surface area contributed by atoms with Crippen LogP contribution >= 0.6 is 0 Å². The minimum Gasteiger partial charge on any atom is -0.550 e. The maximum Gasteiger partial charge on any atom is 0.264 e. The molecule has 1 atom stereocenters. The van der Waals surface area contributed by atoms with Gasteiger partial charge in [-0.25, -0.2) is 0 Å². The van der Waals surface area contributed by atoms with E-state index in [0.29, 0.717) is 24.0 Å². The van der Waals surface area contributed by atoms with Crippen LogP contribution in [-0.4, -0.2) is 74.6 Å². The number of carbonyl (C=O) groups excluding carboxylic acids is 1. The number of hydrogen-bond donors (Lipinski definition) is 3. The number of carboxylic acids is 1. The molecule has 8 nitrogen and oxygen atoms in total. The highest BCUT2D eigenvalue weighted by atomic mass is 32.2. The monoisotopic (exact) mass is 300 g/mol. The molecule has 0 aliphatic heterocycles. The van der Waals surface area contributed by atoms with Crippen molar-refractivity contribution in [2.24, 2.45) is 5.73 Å². The maximum atomic E-state index is 10.0. The third kappa shape index (κ3) is 22.9. The fourth-order valence-corrected chi connectivity index (χ4v) is 1.69. The number of aliphatic hydroxyl groups excluding tert-OH is 1. The highest BCUT2D eigenvalue weighted by Gasteiger charge is 2.14. The van der Waals surface area contributed by atoms with Gasteiger partial charge in [-0.2, -0.15) is 8.42 Å². The molecule has 0 radical (unpaired) electrons. The second kappa shape index (κ2) is 9.21. The molecular formula is C10H24N2O6S. The molecule has 0 spiro atoms. The number of carbonyl (C=O) groups is 1. The largest absolute Gasteiger partial charge is 0.550 e. The quantitative estimate of drug-likeness (QED) is 0.346. The standard InChI is InChI=1S/C7H15NO3.C3H9NO3S/c1-8(2,3)5-6(9)4-7(10)11;4-2-1-3-8(5,6)7/h6,9H,4-5H2,1-3H3;1-4H2,(H,5,6,7)/t6-;/m1./s1. The number of nitrogens with zero attached hydrogens (tertiary/aromatic N) is 1. The van der Waals surface area contributed by atoms with Crippen molar-refractivity contribution in [3.8, 4) is 0 Å². The third-order valence-electron chi connectivity index (χ3n) is 1.77. The van der Waals surface area contributed by atoms with Crippen molar-refractivity contribution in [3.05, 3.63) is 0 Å². The van der Waals surface area contributed by atoms with E-state index >= 15 is 0 Å². The van der Waals surface area contributed by atoms with Crippen LogP contribution in [-0.2, 0) is 14.9 Å². The average molecular weight is 300 g/mol. The number of rotatable bonds is 7. The molecule has 0 bridgehead atoms. The molecule has 0 unspecified atom stereocenters. The number of quaternary nitrogens is 1. The lowest BCUT2D eigenvalue weighted by molar-refractivity contribution is -0.873. The highest BCUT2D eigenvalue weighted by molar-refractivity contribution is 7.85. The van der Waals surface area contributed by atoms with Crippen molar-refractivity contribution in [1.29, 1.82) is 0 Å². The molecule has 0 saturated carbocycles. The first-order chi connectivity index (χ1) is 8.37. The summed E-state index contributed by atoms with van der Waals surface area (Å²) in [6, 6.07) is 0. The van der Waals surface area contributed by atoms with Gasteiger partial charge in [-0.1, -0.05) is 0 Å². The zero-order valence-corrected chi connectivity index (χ0v) is 12.4. The van der Waals surface area contributed by atoms with Crippen molar-refractivity contribution < 1.29 is 32.5 Å². The number of aliphatic hydroxyl groups is 1. The van der Waals surface area contributed by atoms with Crippen LogP contribution < -0.4 is 10.8 Å². The predicted octanol–water partition coefficient (Wildman–Crippen LogP) is -2.58. The van der Waals surface area contributed by atoms with Crippen molar-refractivity contribution in [2.75, 3.05) is 40.0 Å². The Morgan fingerprint density at radius 1 is 1.37 bits per heavy atom. The lowest BCUT2D eigenvalue weighted by atomic mass is 10.2. The Labute approximate surface area is 114 Å². The van der Waals surface area contributed by atoms with Gasteiger partial charge in [-0.05, 0) is 13.0 Å². The highest BCUT2D eigenvalue weighted by Crippen LogP contribution is 1.97. The average Bonchev–Trinajstić information content (AvgIpc) is 2.09. The summed E-state index contributed by atoms with van der Waals surface area (Å²) in [6.45, 7) is 0.716. The summed E-state index contributed by atoms with van der Waals surface area (Å²) >= 11 is 0. The van der Waals surface area contributed by atoms with Gasteiger partial charge in [-0.3, -0.25) is 4.55 Å². The fraction of sp³-hybridized carbons (Fsp3) is 0.900. The van der Waals surface area contributed by atoms with Gasteiger partial charge in [0.2, 0.25) is 0 Å². The zero-order chi connectivity index (χ0) is 15.7. The van der Waals surface area contributed by atoms with Gasteiger partial charge in [0.1, 0.15) is 12.6 Å². The maximum absolute atomic E-state index is 10.0. The van der Waals surface area contributed by atoms with Crippen LogP contribution in [0.2, 0.25) is 0 Å². The van der Waals surface area contributed by atoms with Crippen molar-refractivity contribution in [2.45, 2.75) is 18.9 Å². The molecule has 0 aliphatic carbocycles. The molecule has 0 aromatic carbocycles. The minimum absolute atomic E-state index is 0.233. The summed E-state index contributed by atoms with van der Waals surface area (Å²) in [4.78, 5) is 10.0. The summed E-state index contributed by atoms with van der Waals surface area (Å²) in [5, 5.41) is 19.1. The first-order valence-corrected chi connectivity index (χ1v) is 7.32. The molecule has 4 N–H and O–H groups in total. The van der Waals surface area contributed by atoms with E-state index in [1.54, 1.807) is 0 Å². The normalized spacial score (nSPS) is 13.4. The predicted molar refractivity (Wildman–Crippen MR) is 68.6 cm³/mol. The Morgan fingerprint density at radius 3 is 2.05 bits per heavy atom. The summed E-state index contributed by atoms with van der Waals surface area (Å²) in [7, 11) is 1.90. The van der Waals surface area contributed by atoms with E-state index in [1.165, 1.54) is 0 Å². The van der Waals surface area contributed by atoms with Crippen LogP contribution in [0, 0.1) is 0 Å². The Morgan fingerprint density at radius 2 is 1.84 bits per heavy atom. The molecule has 0 fully saturated rings. The van der Waals surface area contributed by atoms with Crippen molar-refractivity contribution >= 4 is 16.1 Å². The first kappa shape index (κ1) is 20.6. The van der Waals surface area contributed by atoms with Gasteiger partial charge in [0.25, 0.3) is 10.1 Å². The minimum atomic E-state index is -3.77. The van der Waals surface area contributed by atoms with Crippen molar-refractivity contribution in [1.82, 2.24) is 0 Å². The van der Waals surface area contributed by atoms with E-state index in [4.69, 9.17) is 15.4 Å². The van der Waals surface area contributed by atoms with Gasteiger partial charge in [-0.15, -0.1) is 0 Å². The molecule has 0 aromatic heterocycles. The van der Waals surface area contributed by atoms with E-state index < -0.39 is 22.2 Å². The zero-order valence-electron chi connectivity index (χ0n) is 11.6. The Balaban J connectivity index is 0. The van der Waals surface area contributed by atoms with Gasteiger partial charge < -0.3 is 25.2 Å². The number of hydrogen-bond acceptors (Lipinski definition) is 6. The van der Waals surface area contributed by atoms with Crippen LogP contribution in [0.15, 0.2) is 0 Å². The number of nitrogens with two attached hydrogens (primary N) is 1. The van der Waals surface area contributed by atoms with E-state index in [9.17, 15) is 18.3 Å². The van der Waals surface area contributed by atoms with Crippen LogP contribution in [0.1, 0.15) is 12.8 Å². The molecule has 0 amide bonds. The number of aliphatic carboxylic acids is 1. The van der Waals surface area contributed by atoms with E-state index in [0.717, 1.165) is 0 Å². The van der Waals surface area contributed by atoms with Crippen LogP contribution in [0.4, 0.5) is 0 Å². The topological polar surface area (TPSA) is 141 Å². The lowest BCUT2D eigenvalue weighted by Crippen LogP contribution is -2.43. The summed E-state index contributed by atoms with van der Waals surface area (Å²) in [6.07, 6.45) is -0.769. The SMILES string of the molecule is C[N+](C)(C)C[C@H](O)CC(=O)[O-].NCCCS(=O)(=O)O. The molecule has 116 valence electrons. The van der Waals surface area contributed by atoms with Crippen LogP contribution in [0.5, 0.6) is 0 Å². The smallest absolute Gasteiger partial charge is 0.264 e. The van der Waals surface area contributed by atoms with Gasteiger partial charge in [0.15, 0.2) is 0 Å². The summed E-state index contributed by atoms with van der Waals surface area (Å²) in [5.41, 5.74) is 4.96. The second-order valence-electron chi connectivity index (χ2n) is 5.13. The summed E-state index contributed by atoms with van der Waals surface area (Å²) in [5.74, 6) is -1.44. The molecule has 9 heteroatoms. The van der Waals surface area contributed by atoms with Gasteiger partial charge in [0.05, 0.1) is 26.9 Å².